The molecule has 0 bridgehead atoms. The van der Waals surface area contributed by atoms with Gasteiger partial charge in [0, 0.05) is 5.56 Å². The van der Waals surface area contributed by atoms with Crippen LogP contribution >= 0.6 is 0 Å². The summed E-state index contributed by atoms with van der Waals surface area (Å²) in [5.74, 6) is -0.514. The molecule has 0 radical (unpaired) electrons. The number of rotatable bonds is 2. The first-order valence-corrected chi connectivity index (χ1v) is 5.50. The largest absolute Gasteiger partial charge is 0.416 e. The lowest BCUT2D eigenvalue weighted by atomic mass is 10.2. The van der Waals surface area contributed by atoms with Crippen LogP contribution in [0.1, 0.15) is 11.1 Å². The molecule has 1 aromatic carbocycles. The summed E-state index contributed by atoms with van der Waals surface area (Å²) in [5, 5.41) is 2.49. The second-order valence-corrected chi connectivity index (χ2v) is 4.05. The van der Waals surface area contributed by atoms with Gasteiger partial charge in [0.15, 0.2) is 0 Å². The summed E-state index contributed by atoms with van der Waals surface area (Å²) in [6.45, 7) is 1.57. The number of nitrogens with zero attached hydrogens (tertiary/aromatic N) is 2. The van der Waals surface area contributed by atoms with Gasteiger partial charge in [-0.2, -0.15) is 13.2 Å². The maximum Gasteiger partial charge on any atom is 0.416 e. The van der Waals surface area contributed by atoms with Gasteiger partial charge >= 0.3 is 6.18 Å². The van der Waals surface area contributed by atoms with Crippen molar-refractivity contribution in [2.75, 3.05) is 11.1 Å². The van der Waals surface area contributed by atoms with E-state index in [9.17, 15) is 17.6 Å². The molecule has 1 heterocycles. The molecule has 8 heteroatoms. The van der Waals surface area contributed by atoms with Crippen LogP contribution < -0.4 is 11.1 Å². The van der Waals surface area contributed by atoms with E-state index in [4.69, 9.17) is 5.73 Å². The molecule has 0 amide bonds. The highest BCUT2D eigenvalue weighted by molar-refractivity contribution is 5.64. The van der Waals surface area contributed by atoms with E-state index >= 15 is 0 Å². The average molecular weight is 286 g/mol. The molecule has 0 aliphatic rings. The van der Waals surface area contributed by atoms with Crippen molar-refractivity contribution in [1.29, 1.82) is 0 Å². The number of alkyl halides is 3. The molecule has 0 saturated heterocycles. The second-order valence-electron chi connectivity index (χ2n) is 4.05. The molecule has 1 aromatic heterocycles. The Balaban J connectivity index is 2.41. The summed E-state index contributed by atoms with van der Waals surface area (Å²) in [4.78, 5) is 7.53. The lowest BCUT2D eigenvalue weighted by Gasteiger charge is -2.12. The molecule has 0 atom stereocenters. The fourth-order valence-corrected chi connectivity index (χ4v) is 1.51. The Hall–Kier alpha value is -2.38. The zero-order valence-electron chi connectivity index (χ0n) is 10.3. The van der Waals surface area contributed by atoms with E-state index in [-0.39, 0.29) is 17.3 Å². The van der Waals surface area contributed by atoms with Gasteiger partial charge in [-0.15, -0.1) is 0 Å². The Morgan fingerprint density at radius 1 is 1.20 bits per heavy atom. The summed E-state index contributed by atoms with van der Waals surface area (Å²) in [6.07, 6.45) is -3.42. The molecule has 106 valence electrons. The van der Waals surface area contributed by atoms with Crippen molar-refractivity contribution in [2.45, 2.75) is 13.1 Å². The molecular formula is C12H10F4N4. The lowest BCUT2D eigenvalue weighted by molar-refractivity contribution is -0.137. The van der Waals surface area contributed by atoms with Gasteiger partial charge in [0.1, 0.15) is 23.8 Å². The van der Waals surface area contributed by atoms with Crippen molar-refractivity contribution in [3.05, 3.63) is 41.5 Å². The molecule has 0 unspecified atom stereocenters. The fourth-order valence-electron chi connectivity index (χ4n) is 1.51. The molecule has 0 saturated carbocycles. The minimum atomic E-state index is -4.55. The number of nitrogens with two attached hydrogens (primary N) is 1. The van der Waals surface area contributed by atoms with Crippen molar-refractivity contribution in [1.82, 2.24) is 9.97 Å². The van der Waals surface area contributed by atoms with Crippen LogP contribution in [0.3, 0.4) is 0 Å². The number of aromatic nitrogens is 2. The SMILES string of the molecule is Cc1c(N)ncnc1Nc1cc(C(F)(F)F)ccc1F. The quantitative estimate of drug-likeness (QED) is 0.832. The number of nitrogen functional groups attached to an aromatic ring is 1. The fraction of sp³-hybridized carbons (Fsp3) is 0.167. The Labute approximate surface area is 111 Å². The highest BCUT2D eigenvalue weighted by Crippen LogP contribution is 2.33. The summed E-state index contributed by atoms with van der Waals surface area (Å²) in [6, 6.07) is 2.08. The van der Waals surface area contributed by atoms with Crippen LogP contribution in [-0.4, -0.2) is 9.97 Å². The van der Waals surface area contributed by atoms with Crippen molar-refractivity contribution < 1.29 is 17.6 Å². The Bertz CT molecular complexity index is 640. The Kier molecular flexibility index (Phi) is 3.47. The summed E-state index contributed by atoms with van der Waals surface area (Å²) in [7, 11) is 0. The first-order chi connectivity index (χ1) is 9.29. The van der Waals surface area contributed by atoms with Crippen LogP contribution in [0.5, 0.6) is 0 Å². The van der Waals surface area contributed by atoms with Crippen molar-refractivity contribution in [2.24, 2.45) is 0 Å². The summed E-state index contributed by atoms with van der Waals surface area (Å²) < 4.78 is 51.3. The van der Waals surface area contributed by atoms with E-state index in [0.717, 1.165) is 12.4 Å². The highest BCUT2D eigenvalue weighted by Gasteiger charge is 2.31. The van der Waals surface area contributed by atoms with E-state index in [1.165, 1.54) is 0 Å². The second kappa shape index (κ2) is 4.95. The molecule has 0 aliphatic heterocycles. The van der Waals surface area contributed by atoms with Crippen molar-refractivity contribution in [3.63, 3.8) is 0 Å². The molecule has 20 heavy (non-hydrogen) atoms. The van der Waals surface area contributed by atoms with Crippen LogP contribution in [0, 0.1) is 12.7 Å². The third kappa shape index (κ3) is 2.79. The van der Waals surface area contributed by atoms with Gasteiger partial charge < -0.3 is 11.1 Å². The molecule has 3 N–H and O–H groups in total. The van der Waals surface area contributed by atoms with E-state index in [1.807, 2.05) is 0 Å². The van der Waals surface area contributed by atoms with E-state index in [1.54, 1.807) is 6.92 Å². The number of hydrogen-bond acceptors (Lipinski definition) is 4. The normalized spacial score (nSPS) is 11.4. The first-order valence-electron chi connectivity index (χ1n) is 5.50. The number of halogens is 4. The standard InChI is InChI=1S/C12H10F4N4/c1-6-10(17)18-5-19-11(6)20-9-4-7(12(14,15)16)2-3-8(9)13/h2-5H,1H3,(H3,17,18,19,20). The molecule has 2 rings (SSSR count). The van der Waals surface area contributed by atoms with Gasteiger partial charge in [-0.25, -0.2) is 14.4 Å². The smallest absolute Gasteiger partial charge is 0.383 e. The van der Waals surface area contributed by atoms with Crippen LogP contribution in [0.4, 0.5) is 34.9 Å². The number of anilines is 3. The molecule has 0 spiro atoms. The third-order valence-corrected chi connectivity index (χ3v) is 2.67. The van der Waals surface area contributed by atoms with E-state index < -0.39 is 17.6 Å². The molecular weight excluding hydrogens is 276 g/mol. The lowest BCUT2D eigenvalue weighted by Crippen LogP contribution is -2.07. The molecule has 0 fully saturated rings. The topological polar surface area (TPSA) is 63.8 Å². The number of benzene rings is 1. The van der Waals surface area contributed by atoms with E-state index in [0.29, 0.717) is 17.7 Å². The van der Waals surface area contributed by atoms with Crippen LogP contribution in [-0.2, 0) is 6.18 Å². The van der Waals surface area contributed by atoms with Crippen LogP contribution in [0.15, 0.2) is 24.5 Å². The maximum atomic E-state index is 13.6. The Morgan fingerprint density at radius 2 is 1.90 bits per heavy atom. The first kappa shape index (κ1) is 14.0. The maximum absolute atomic E-state index is 13.6. The van der Waals surface area contributed by atoms with Gasteiger partial charge in [0.2, 0.25) is 0 Å². The highest BCUT2D eigenvalue weighted by atomic mass is 19.4. The minimum absolute atomic E-state index is 0.149. The predicted molar refractivity (Wildman–Crippen MR) is 65.9 cm³/mol. The van der Waals surface area contributed by atoms with Crippen molar-refractivity contribution >= 4 is 17.3 Å². The summed E-state index contributed by atoms with van der Waals surface area (Å²) in [5.41, 5.74) is 4.68. The van der Waals surface area contributed by atoms with Gasteiger partial charge in [0.25, 0.3) is 0 Å². The van der Waals surface area contributed by atoms with E-state index in [2.05, 4.69) is 15.3 Å². The molecule has 4 nitrogen and oxygen atoms in total. The van der Waals surface area contributed by atoms with Crippen LogP contribution in [0.25, 0.3) is 0 Å². The zero-order valence-corrected chi connectivity index (χ0v) is 10.3. The number of hydrogen-bond donors (Lipinski definition) is 2. The minimum Gasteiger partial charge on any atom is -0.383 e. The van der Waals surface area contributed by atoms with Gasteiger partial charge in [0.05, 0.1) is 11.3 Å². The van der Waals surface area contributed by atoms with Gasteiger partial charge in [-0.1, -0.05) is 0 Å². The molecule has 0 aliphatic carbocycles. The number of nitrogens with one attached hydrogen (secondary N) is 1. The van der Waals surface area contributed by atoms with Crippen LogP contribution in [0.2, 0.25) is 0 Å². The monoisotopic (exact) mass is 286 g/mol. The van der Waals surface area contributed by atoms with Gasteiger partial charge in [-0.05, 0) is 25.1 Å². The Morgan fingerprint density at radius 3 is 2.55 bits per heavy atom. The average Bonchev–Trinajstić information content (AvgIpc) is 2.36. The molecule has 2 aromatic rings. The van der Waals surface area contributed by atoms with Crippen molar-refractivity contribution in [3.8, 4) is 0 Å². The summed E-state index contributed by atoms with van der Waals surface area (Å²) >= 11 is 0. The van der Waals surface area contributed by atoms with Gasteiger partial charge in [-0.3, -0.25) is 0 Å². The predicted octanol–water partition coefficient (Wildman–Crippen LogP) is 3.27. The zero-order chi connectivity index (χ0) is 14.9. The third-order valence-electron chi connectivity index (χ3n) is 2.67.